The van der Waals surface area contributed by atoms with E-state index >= 15 is 0 Å². The molecule has 1 aromatic heterocycles. The second-order valence-electron chi connectivity index (χ2n) is 6.23. The Morgan fingerprint density at radius 3 is 2.80 bits per heavy atom. The summed E-state index contributed by atoms with van der Waals surface area (Å²) in [7, 11) is 0. The fourth-order valence-electron chi connectivity index (χ4n) is 3.68. The highest BCUT2D eigenvalue weighted by molar-refractivity contribution is 14.1. The summed E-state index contributed by atoms with van der Waals surface area (Å²) in [5.41, 5.74) is 8.47. The van der Waals surface area contributed by atoms with Gasteiger partial charge in [-0.3, -0.25) is 0 Å². The molecule has 2 atom stereocenters. The molecule has 2 unspecified atom stereocenters. The summed E-state index contributed by atoms with van der Waals surface area (Å²) in [4.78, 5) is 4.58. The van der Waals surface area contributed by atoms with Crippen LogP contribution in [0.5, 0.6) is 0 Å². The molecule has 20 heavy (non-hydrogen) atoms. The molecule has 4 heteroatoms. The lowest BCUT2D eigenvalue weighted by Crippen LogP contribution is -2.27. The molecule has 3 rings (SSSR count). The van der Waals surface area contributed by atoms with Crippen LogP contribution in [0.2, 0.25) is 0 Å². The highest BCUT2D eigenvalue weighted by Gasteiger charge is 2.31. The van der Waals surface area contributed by atoms with Crippen molar-refractivity contribution >= 4 is 39.6 Å². The third-order valence-corrected chi connectivity index (χ3v) is 5.32. The summed E-state index contributed by atoms with van der Waals surface area (Å²) < 4.78 is 3.51. The van der Waals surface area contributed by atoms with Crippen LogP contribution in [0.4, 0.5) is 5.95 Å². The van der Waals surface area contributed by atoms with Crippen molar-refractivity contribution in [2.24, 2.45) is 11.8 Å². The second-order valence-corrected chi connectivity index (χ2v) is 7.48. The van der Waals surface area contributed by atoms with Gasteiger partial charge >= 0.3 is 0 Å². The molecule has 108 valence electrons. The standard InChI is InChI=1S/C16H22IN3/c1-10(2)12-5-3-4-6-14(12)20-15-8-7-11(17)9-13(15)19-16(20)18/h7-10,12,14H,3-6H2,1-2H3,(H2,18,19). The van der Waals surface area contributed by atoms with Crippen LogP contribution < -0.4 is 5.73 Å². The number of hydrogen-bond donors (Lipinski definition) is 1. The fourth-order valence-corrected chi connectivity index (χ4v) is 4.15. The van der Waals surface area contributed by atoms with Crippen LogP contribution in [0.1, 0.15) is 45.6 Å². The number of anilines is 1. The van der Waals surface area contributed by atoms with Crippen LogP contribution in [0, 0.1) is 15.4 Å². The molecule has 0 aliphatic heterocycles. The first-order chi connectivity index (χ1) is 9.58. The number of nitrogens with zero attached hydrogens (tertiary/aromatic N) is 2. The Kier molecular flexibility index (Phi) is 3.93. The maximum atomic E-state index is 6.25. The maximum Gasteiger partial charge on any atom is 0.201 e. The highest BCUT2D eigenvalue weighted by atomic mass is 127. The third-order valence-electron chi connectivity index (χ3n) is 4.65. The van der Waals surface area contributed by atoms with E-state index in [2.05, 4.69) is 64.2 Å². The van der Waals surface area contributed by atoms with Crippen LogP contribution in [0.3, 0.4) is 0 Å². The van der Waals surface area contributed by atoms with E-state index < -0.39 is 0 Å². The lowest BCUT2D eigenvalue weighted by Gasteiger charge is -2.36. The number of aromatic nitrogens is 2. The zero-order valence-electron chi connectivity index (χ0n) is 12.1. The van der Waals surface area contributed by atoms with E-state index in [1.165, 1.54) is 34.8 Å². The normalized spacial score (nSPS) is 23.6. The van der Waals surface area contributed by atoms with Crippen LogP contribution in [-0.4, -0.2) is 9.55 Å². The third kappa shape index (κ3) is 2.43. The first-order valence-electron chi connectivity index (χ1n) is 7.51. The summed E-state index contributed by atoms with van der Waals surface area (Å²) in [6.45, 7) is 4.67. The van der Waals surface area contributed by atoms with Gasteiger partial charge < -0.3 is 10.3 Å². The number of benzene rings is 1. The van der Waals surface area contributed by atoms with Crippen LogP contribution in [0.25, 0.3) is 11.0 Å². The Bertz CT molecular complexity index is 617. The summed E-state index contributed by atoms with van der Waals surface area (Å²) in [6.07, 6.45) is 5.19. The molecule has 0 spiro atoms. The molecule has 1 aliphatic rings. The van der Waals surface area contributed by atoms with Crippen molar-refractivity contribution in [1.29, 1.82) is 0 Å². The van der Waals surface area contributed by atoms with Crippen LogP contribution in [0.15, 0.2) is 18.2 Å². The second kappa shape index (κ2) is 5.54. The number of fused-ring (bicyclic) bond motifs is 1. The van der Waals surface area contributed by atoms with Crippen molar-refractivity contribution < 1.29 is 0 Å². The molecule has 3 nitrogen and oxygen atoms in total. The number of hydrogen-bond acceptors (Lipinski definition) is 2. The molecule has 1 aliphatic carbocycles. The highest BCUT2D eigenvalue weighted by Crippen LogP contribution is 2.41. The van der Waals surface area contributed by atoms with Crippen molar-refractivity contribution in [1.82, 2.24) is 9.55 Å². The summed E-state index contributed by atoms with van der Waals surface area (Å²) >= 11 is 2.33. The van der Waals surface area contributed by atoms with Crippen molar-refractivity contribution in [3.8, 4) is 0 Å². The van der Waals surface area contributed by atoms with Gasteiger partial charge in [-0.25, -0.2) is 4.98 Å². The van der Waals surface area contributed by atoms with E-state index in [9.17, 15) is 0 Å². The molecule has 0 bridgehead atoms. The molecule has 1 fully saturated rings. The molecule has 1 aromatic carbocycles. The number of halogens is 1. The Labute approximate surface area is 134 Å². The zero-order valence-corrected chi connectivity index (χ0v) is 14.3. The van der Waals surface area contributed by atoms with E-state index in [-0.39, 0.29) is 0 Å². The summed E-state index contributed by atoms with van der Waals surface area (Å²) in [5, 5.41) is 0. The zero-order chi connectivity index (χ0) is 14.3. The fraction of sp³-hybridized carbons (Fsp3) is 0.562. The van der Waals surface area contributed by atoms with Gasteiger partial charge in [-0.1, -0.05) is 26.7 Å². The number of rotatable bonds is 2. The van der Waals surface area contributed by atoms with Gasteiger partial charge in [0.25, 0.3) is 0 Å². The Morgan fingerprint density at radius 1 is 1.30 bits per heavy atom. The average Bonchev–Trinajstić information content (AvgIpc) is 2.73. The van der Waals surface area contributed by atoms with E-state index in [4.69, 9.17) is 5.73 Å². The summed E-state index contributed by atoms with van der Waals surface area (Å²) in [5.74, 6) is 2.09. The Balaban J connectivity index is 2.10. The minimum Gasteiger partial charge on any atom is -0.369 e. The first-order valence-corrected chi connectivity index (χ1v) is 8.58. The van der Waals surface area contributed by atoms with E-state index in [0.29, 0.717) is 23.8 Å². The van der Waals surface area contributed by atoms with Gasteiger partial charge in [0.2, 0.25) is 5.95 Å². The lowest BCUT2D eigenvalue weighted by atomic mass is 9.77. The monoisotopic (exact) mass is 383 g/mol. The minimum atomic E-state index is 0.508. The molecule has 0 saturated heterocycles. The lowest BCUT2D eigenvalue weighted by molar-refractivity contribution is 0.189. The number of nitrogen functional groups attached to an aromatic ring is 1. The Hall–Kier alpha value is -0.780. The molecule has 1 saturated carbocycles. The van der Waals surface area contributed by atoms with Crippen molar-refractivity contribution in [3.05, 3.63) is 21.8 Å². The SMILES string of the molecule is CC(C)C1CCCCC1n1c(N)nc2cc(I)ccc21. The van der Waals surface area contributed by atoms with E-state index in [1.54, 1.807) is 0 Å². The maximum absolute atomic E-state index is 6.25. The van der Waals surface area contributed by atoms with Gasteiger partial charge in [-0.2, -0.15) is 0 Å². The largest absolute Gasteiger partial charge is 0.369 e. The van der Waals surface area contributed by atoms with Gasteiger partial charge in [0.15, 0.2) is 0 Å². The van der Waals surface area contributed by atoms with E-state index in [1.807, 2.05) is 0 Å². The molecule has 1 heterocycles. The summed E-state index contributed by atoms with van der Waals surface area (Å²) in [6, 6.07) is 6.95. The molecule has 2 aromatic rings. The first kappa shape index (κ1) is 14.2. The number of imidazole rings is 1. The molecule has 0 radical (unpaired) electrons. The predicted octanol–water partition coefficient (Wildman–Crippen LogP) is 4.61. The molecule has 0 amide bonds. The van der Waals surface area contributed by atoms with Gasteiger partial charge in [-0.05, 0) is 65.5 Å². The van der Waals surface area contributed by atoms with E-state index in [0.717, 1.165) is 5.52 Å². The molecule has 2 N–H and O–H groups in total. The van der Waals surface area contributed by atoms with Gasteiger partial charge in [0.1, 0.15) is 0 Å². The van der Waals surface area contributed by atoms with Gasteiger partial charge in [-0.15, -0.1) is 0 Å². The predicted molar refractivity (Wildman–Crippen MR) is 92.7 cm³/mol. The molecular weight excluding hydrogens is 361 g/mol. The Morgan fingerprint density at radius 2 is 2.05 bits per heavy atom. The van der Waals surface area contributed by atoms with Crippen molar-refractivity contribution in [2.45, 2.75) is 45.6 Å². The minimum absolute atomic E-state index is 0.508. The van der Waals surface area contributed by atoms with Crippen LogP contribution >= 0.6 is 22.6 Å². The van der Waals surface area contributed by atoms with Crippen molar-refractivity contribution in [2.75, 3.05) is 5.73 Å². The number of nitrogens with two attached hydrogens (primary N) is 1. The van der Waals surface area contributed by atoms with Crippen LogP contribution in [-0.2, 0) is 0 Å². The average molecular weight is 383 g/mol. The van der Waals surface area contributed by atoms with Crippen molar-refractivity contribution in [3.63, 3.8) is 0 Å². The topological polar surface area (TPSA) is 43.8 Å². The van der Waals surface area contributed by atoms with Gasteiger partial charge in [0.05, 0.1) is 11.0 Å². The quantitative estimate of drug-likeness (QED) is 0.770. The van der Waals surface area contributed by atoms with Gasteiger partial charge in [0, 0.05) is 9.61 Å². The smallest absolute Gasteiger partial charge is 0.201 e. The molecular formula is C16H22IN3.